The fraction of sp³-hybridized carbons (Fsp3) is 0.571. The summed E-state index contributed by atoms with van der Waals surface area (Å²) in [5, 5.41) is 6.70. The molecule has 0 aliphatic rings. The molecule has 0 radical (unpaired) electrons. The van der Waals surface area contributed by atoms with Crippen LogP contribution in [0.2, 0.25) is 0 Å². The van der Waals surface area contributed by atoms with E-state index in [-0.39, 0.29) is 0 Å². The number of likely N-dealkylation sites (N-methyl/N-ethyl adjacent to an activating group) is 1. The molecule has 96 valence electrons. The molecule has 0 spiro atoms. The molecular weight excluding hydrogens is 212 g/mol. The lowest BCUT2D eigenvalue weighted by atomic mass is 10.2. The van der Waals surface area contributed by atoms with Crippen molar-refractivity contribution < 1.29 is 4.74 Å². The molecule has 0 saturated heterocycles. The molecule has 17 heavy (non-hydrogen) atoms. The Balaban J connectivity index is 2.02. The molecule has 3 nitrogen and oxygen atoms in total. The fourth-order valence-electron chi connectivity index (χ4n) is 1.57. The largest absolute Gasteiger partial charge is 0.375 e. The van der Waals surface area contributed by atoms with E-state index < -0.39 is 0 Å². The number of ether oxygens (including phenoxy) is 1. The Hall–Kier alpha value is -0.900. The van der Waals surface area contributed by atoms with E-state index in [4.69, 9.17) is 4.74 Å². The Bertz CT molecular complexity index is 277. The van der Waals surface area contributed by atoms with Crippen LogP contribution >= 0.6 is 0 Å². The van der Waals surface area contributed by atoms with E-state index in [2.05, 4.69) is 36.6 Å². The summed E-state index contributed by atoms with van der Waals surface area (Å²) in [4.78, 5) is 0. The van der Waals surface area contributed by atoms with Gasteiger partial charge in [-0.3, -0.25) is 0 Å². The van der Waals surface area contributed by atoms with Crippen LogP contribution in [0.25, 0.3) is 0 Å². The molecule has 0 fully saturated rings. The van der Waals surface area contributed by atoms with Gasteiger partial charge in [-0.1, -0.05) is 37.3 Å². The second-order valence-electron chi connectivity index (χ2n) is 4.21. The van der Waals surface area contributed by atoms with Crippen molar-refractivity contribution in [3.05, 3.63) is 35.9 Å². The van der Waals surface area contributed by atoms with Crippen LogP contribution in [-0.2, 0) is 11.3 Å². The second-order valence-corrected chi connectivity index (χ2v) is 4.21. The summed E-state index contributed by atoms with van der Waals surface area (Å²) in [5.41, 5.74) is 1.23. The normalized spacial score (nSPS) is 12.6. The van der Waals surface area contributed by atoms with Crippen LogP contribution < -0.4 is 10.6 Å². The van der Waals surface area contributed by atoms with E-state index in [1.807, 2.05) is 18.2 Å². The summed E-state index contributed by atoms with van der Waals surface area (Å²) in [5.74, 6) is 0. The highest BCUT2D eigenvalue weighted by Gasteiger charge is 2.00. The first-order valence-electron chi connectivity index (χ1n) is 6.38. The van der Waals surface area contributed by atoms with Gasteiger partial charge in [0.1, 0.15) is 0 Å². The zero-order valence-electron chi connectivity index (χ0n) is 10.9. The van der Waals surface area contributed by atoms with Crippen molar-refractivity contribution >= 4 is 0 Å². The van der Waals surface area contributed by atoms with Gasteiger partial charge in [-0.2, -0.15) is 0 Å². The topological polar surface area (TPSA) is 33.3 Å². The molecule has 0 saturated carbocycles. The molecule has 0 amide bonds. The Morgan fingerprint density at radius 1 is 1.18 bits per heavy atom. The lowest BCUT2D eigenvalue weighted by Gasteiger charge is -2.14. The number of nitrogens with one attached hydrogen (secondary N) is 2. The van der Waals surface area contributed by atoms with E-state index in [1.54, 1.807) is 0 Å². The smallest absolute Gasteiger partial charge is 0.0717 e. The van der Waals surface area contributed by atoms with E-state index in [0.29, 0.717) is 12.6 Å². The summed E-state index contributed by atoms with van der Waals surface area (Å²) >= 11 is 0. The molecular formula is C14H24N2O. The average Bonchev–Trinajstić information content (AvgIpc) is 2.36. The summed E-state index contributed by atoms with van der Waals surface area (Å²) < 4.78 is 5.66. The van der Waals surface area contributed by atoms with Crippen LogP contribution in [-0.4, -0.2) is 32.3 Å². The van der Waals surface area contributed by atoms with Gasteiger partial charge in [-0.25, -0.2) is 0 Å². The molecule has 0 heterocycles. The van der Waals surface area contributed by atoms with Gasteiger partial charge in [-0.15, -0.1) is 0 Å². The first-order chi connectivity index (χ1) is 8.33. The van der Waals surface area contributed by atoms with Crippen molar-refractivity contribution in [2.24, 2.45) is 0 Å². The Morgan fingerprint density at radius 2 is 1.94 bits per heavy atom. The van der Waals surface area contributed by atoms with Gasteiger partial charge in [-0.05, 0) is 19.0 Å². The van der Waals surface area contributed by atoms with Gasteiger partial charge in [0.25, 0.3) is 0 Å². The maximum absolute atomic E-state index is 5.66. The van der Waals surface area contributed by atoms with Crippen LogP contribution in [0.3, 0.4) is 0 Å². The van der Waals surface area contributed by atoms with Gasteiger partial charge in [0.15, 0.2) is 0 Å². The number of rotatable bonds is 9. The maximum Gasteiger partial charge on any atom is 0.0717 e. The molecule has 1 atom stereocenters. The standard InChI is InChI=1S/C14H24N2O/c1-3-15-9-10-16-13(2)11-17-12-14-7-5-4-6-8-14/h4-8,13,15-16H,3,9-12H2,1-2H3. The molecule has 1 unspecified atom stereocenters. The molecule has 2 N–H and O–H groups in total. The van der Waals surface area contributed by atoms with Crippen molar-refractivity contribution in [3.63, 3.8) is 0 Å². The summed E-state index contributed by atoms with van der Waals surface area (Å²) in [6.45, 7) is 8.74. The molecule has 3 heteroatoms. The minimum atomic E-state index is 0.400. The lowest BCUT2D eigenvalue weighted by molar-refractivity contribution is 0.103. The quantitative estimate of drug-likeness (QED) is 0.641. The van der Waals surface area contributed by atoms with Crippen molar-refractivity contribution in [1.29, 1.82) is 0 Å². The van der Waals surface area contributed by atoms with Crippen LogP contribution in [0.5, 0.6) is 0 Å². The molecule has 1 rings (SSSR count). The van der Waals surface area contributed by atoms with Crippen LogP contribution in [0, 0.1) is 0 Å². The molecule has 0 bridgehead atoms. The monoisotopic (exact) mass is 236 g/mol. The van der Waals surface area contributed by atoms with Crippen molar-refractivity contribution in [3.8, 4) is 0 Å². The third kappa shape index (κ3) is 7.10. The van der Waals surface area contributed by atoms with Gasteiger partial charge in [0.05, 0.1) is 13.2 Å². The minimum Gasteiger partial charge on any atom is -0.375 e. The predicted octanol–water partition coefficient (Wildman–Crippen LogP) is 1.79. The highest BCUT2D eigenvalue weighted by atomic mass is 16.5. The zero-order chi connectivity index (χ0) is 12.3. The first kappa shape index (κ1) is 14.2. The number of hydrogen-bond acceptors (Lipinski definition) is 3. The SMILES string of the molecule is CCNCCNC(C)COCc1ccccc1. The van der Waals surface area contributed by atoms with Crippen LogP contribution in [0.1, 0.15) is 19.4 Å². The average molecular weight is 236 g/mol. The lowest BCUT2D eigenvalue weighted by Crippen LogP contribution is -2.35. The summed E-state index contributed by atoms with van der Waals surface area (Å²) in [6, 6.07) is 10.7. The highest BCUT2D eigenvalue weighted by molar-refractivity contribution is 5.13. The third-order valence-corrected chi connectivity index (χ3v) is 2.52. The Kier molecular flexibility index (Phi) is 7.63. The number of benzene rings is 1. The van der Waals surface area contributed by atoms with Gasteiger partial charge < -0.3 is 15.4 Å². The Labute approximate surface area is 105 Å². The minimum absolute atomic E-state index is 0.400. The Morgan fingerprint density at radius 3 is 2.65 bits per heavy atom. The summed E-state index contributed by atoms with van der Waals surface area (Å²) in [6.07, 6.45) is 0. The van der Waals surface area contributed by atoms with Crippen molar-refractivity contribution in [1.82, 2.24) is 10.6 Å². The van der Waals surface area contributed by atoms with Crippen LogP contribution in [0.15, 0.2) is 30.3 Å². The third-order valence-electron chi connectivity index (χ3n) is 2.52. The number of hydrogen-bond donors (Lipinski definition) is 2. The van der Waals surface area contributed by atoms with E-state index in [0.717, 1.165) is 26.2 Å². The molecule has 0 aromatic heterocycles. The van der Waals surface area contributed by atoms with Gasteiger partial charge in [0.2, 0.25) is 0 Å². The molecule has 0 aliphatic carbocycles. The van der Waals surface area contributed by atoms with Crippen molar-refractivity contribution in [2.75, 3.05) is 26.2 Å². The maximum atomic E-state index is 5.66. The zero-order valence-corrected chi connectivity index (χ0v) is 10.9. The first-order valence-corrected chi connectivity index (χ1v) is 6.38. The van der Waals surface area contributed by atoms with Gasteiger partial charge >= 0.3 is 0 Å². The van der Waals surface area contributed by atoms with Crippen molar-refractivity contribution in [2.45, 2.75) is 26.5 Å². The molecule has 0 aliphatic heterocycles. The van der Waals surface area contributed by atoms with E-state index >= 15 is 0 Å². The highest BCUT2D eigenvalue weighted by Crippen LogP contribution is 2.00. The van der Waals surface area contributed by atoms with E-state index in [1.165, 1.54) is 5.56 Å². The van der Waals surface area contributed by atoms with Gasteiger partial charge in [0, 0.05) is 19.1 Å². The molecule has 1 aromatic rings. The van der Waals surface area contributed by atoms with Crippen LogP contribution in [0.4, 0.5) is 0 Å². The van der Waals surface area contributed by atoms with E-state index in [9.17, 15) is 0 Å². The molecule has 1 aromatic carbocycles. The summed E-state index contributed by atoms with van der Waals surface area (Å²) in [7, 11) is 0. The second kappa shape index (κ2) is 9.16. The fourth-order valence-corrected chi connectivity index (χ4v) is 1.57. The predicted molar refractivity (Wildman–Crippen MR) is 72.1 cm³/mol.